The molecular formula is C15H16N6O. The highest BCUT2D eigenvalue weighted by atomic mass is 16.2. The number of nitrogens with two attached hydrogens (primary N) is 1. The van der Waals surface area contributed by atoms with Crippen LogP contribution in [-0.4, -0.2) is 28.8 Å². The lowest BCUT2D eigenvalue weighted by atomic mass is 10.1. The van der Waals surface area contributed by atoms with Crippen molar-refractivity contribution in [3.8, 4) is 0 Å². The molecule has 22 heavy (non-hydrogen) atoms. The number of nitrogens with one attached hydrogen (secondary N) is 3. The summed E-state index contributed by atoms with van der Waals surface area (Å²) in [6.45, 7) is 3.89. The molecule has 5 N–H and O–H groups in total. The van der Waals surface area contributed by atoms with Gasteiger partial charge in [-0.1, -0.05) is 6.08 Å². The maximum Gasteiger partial charge on any atom is 0.320 e. The van der Waals surface area contributed by atoms with E-state index in [1.807, 2.05) is 0 Å². The van der Waals surface area contributed by atoms with Crippen LogP contribution in [0.15, 0.2) is 43.3 Å². The zero-order valence-corrected chi connectivity index (χ0v) is 11.8. The summed E-state index contributed by atoms with van der Waals surface area (Å²) in [5.74, 6) is 0.404. The second-order valence-corrected chi connectivity index (χ2v) is 4.35. The van der Waals surface area contributed by atoms with Gasteiger partial charge in [0.1, 0.15) is 5.82 Å². The summed E-state index contributed by atoms with van der Waals surface area (Å²) < 4.78 is 0. The van der Waals surface area contributed by atoms with E-state index in [1.54, 1.807) is 30.5 Å². The Kier molecular flexibility index (Phi) is 4.81. The molecule has 7 nitrogen and oxygen atoms in total. The van der Waals surface area contributed by atoms with Crippen LogP contribution >= 0.6 is 0 Å². The lowest BCUT2D eigenvalue weighted by Gasteiger charge is -2.07. The Labute approximate surface area is 127 Å². The van der Waals surface area contributed by atoms with E-state index in [2.05, 4.69) is 27.2 Å². The maximum absolute atomic E-state index is 11.6. The predicted molar refractivity (Wildman–Crippen MR) is 87.7 cm³/mol. The number of aromatic nitrogens is 2. The van der Waals surface area contributed by atoms with Crippen molar-refractivity contribution >= 4 is 34.7 Å². The molecule has 0 aliphatic rings. The van der Waals surface area contributed by atoms with E-state index >= 15 is 0 Å². The number of rotatable bonds is 5. The molecule has 2 rings (SSSR count). The number of carbonyl (C=O) groups excluding carboxylic acids is 1. The van der Waals surface area contributed by atoms with E-state index in [1.165, 1.54) is 6.20 Å². The summed E-state index contributed by atoms with van der Waals surface area (Å²) in [4.78, 5) is 20.2. The number of hydrogen-bond acceptors (Lipinski definition) is 5. The van der Waals surface area contributed by atoms with Crippen LogP contribution in [0.4, 0.5) is 10.6 Å². The number of hydrogen-bond donors (Lipinski definition) is 4. The van der Waals surface area contributed by atoms with Crippen LogP contribution in [0.1, 0.15) is 5.56 Å². The molecule has 0 fully saturated rings. The van der Waals surface area contributed by atoms with Crippen molar-refractivity contribution in [2.75, 3.05) is 11.9 Å². The molecule has 2 amide bonds. The first kappa shape index (κ1) is 15.2. The number of urea groups is 1. The molecule has 0 aromatic carbocycles. The minimum atomic E-state index is -0.363. The lowest BCUT2D eigenvalue weighted by Crippen LogP contribution is -2.28. The Morgan fingerprint density at radius 3 is 2.91 bits per heavy atom. The number of pyridine rings is 2. The molecule has 0 aliphatic carbocycles. The highest BCUT2D eigenvalue weighted by Gasteiger charge is 2.06. The summed E-state index contributed by atoms with van der Waals surface area (Å²) in [7, 11) is 0. The Balaban J connectivity index is 2.30. The summed E-state index contributed by atoms with van der Waals surface area (Å²) in [5, 5.41) is 12.5. The van der Waals surface area contributed by atoms with Crippen molar-refractivity contribution < 1.29 is 4.79 Å². The number of fused-ring (bicyclic) bond motifs is 1. The Bertz CT molecular complexity index is 753. The van der Waals surface area contributed by atoms with Gasteiger partial charge < -0.3 is 16.5 Å². The van der Waals surface area contributed by atoms with Crippen molar-refractivity contribution in [1.29, 1.82) is 5.41 Å². The molecule has 0 saturated carbocycles. The number of carbonyl (C=O) groups is 1. The van der Waals surface area contributed by atoms with Gasteiger partial charge in [0, 0.05) is 36.3 Å². The van der Waals surface area contributed by atoms with Crippen LogP contribution in [0.25, 0.3) is 16.6 Å². The van der Waals surface area contributed by atoms with E-state index in [-0.39, 0.29) is 6.03 Å². The number of amides is 2. The molecule has 2 aromatic heterocycles. The highest BCUT2D eigenvalue weighted by Crippen LogP contribution is 2.18. The minimum Gasteiger partial charge on any atom is -0.404 e. The third-order valence-electron chi connectivity index (χ3n) is 2.85. The van der Waals surface area contributed by atoms with Gasteiger partial charge in [0.25, 0.3) is 0 Å². The fourth-order valence-electron chi connectivity index (χ4n) is 1.79. The van der Waals surface area contributed by atoms with Crippen molar-refractivity contribution in [2.45, 2.75) is 0 Å². The van der Waals surface area contributed by atoms with Gasteiger partial charge in [0.15, 0.2) is 0 Å². The van der Waals surface area contributed by atoms with Gasteiger partial charge in [-0.3, -0.25) is 10.3 Å². The van der Waals surface area contributed by atoms with Crippen molar-refractivity contribution in [1.82, 2.24) is 15.3 Å². The van der Waals surface area contributed by atoms with Gasteiger partial charge in [-0.15, -0.1) is 6.58 Å². The molecule has 0 bridgehead atoms. The topological polar surface area (TPSA) is 117 Å². The summed E-state index contributed by atoms with van der Waals surface area (Å²) in [5.41, 5.74) is 7.97. The molecule has 2 heterocycles. The first-order valence-electron chi connectivity index (χ1n) is 6.53. The fourth-order valence-corrected chi connectivity index (χ4v) is 1.79. The zero-order chi connectivity index (χ0) is 15.9. The van der Waals surface area contributed by atoms with E-state index in [0.29, 0.717) is 34.5 Å². The Morgan fingerprint density at radius 2 is 2.23 bits per heavy atom. The van der Waals surface area contributed by atoms with Gasteiger partial charge in [-0.05, 0) is 18.2 Å². The van der Waals surface area contributed by atoms with Crippen LogP contribution in [-0.2, 0) is 0 Å². The minimum absolute atomic E-state index is 0.363. The van der Waals surface area contributed by atoms with Gasteiger partial charge in [-0.25, -0.2) is 9.78 Å². The average molecular weight is 296 g/mol. The summed E-state index contributed by atoms with van der Waals surface area (Å²) in [6.07, 6.45) is 5.69. The molecule has 0 saturated heterocycles. The fraction of sp³-hybridized carbons (Fsp3) is 0.0667. The first-order chi connectivity index (χ1) is 10.7. The number of allylic oxidation sites excluding steroid dienone is 1. The van der Waals surface area contributed by atoms with Crippen molar-refractivity contribution in [3.05, 3.63) is 48.8 Å². The van der Waals surface area contributed by atoms with E-state index in [4.69, 9.17) is 11.1 Å². The van der Waals surface area contributed by atoms with Crippen molar-refractivity contribution in [3.63, 3.8) is 0 Å². The molecule has 0 radical (unpaired) electrons. The lowest BCUT2D eigenvalue weighted by molar-refractivity contribution is 0.253. The van der Waals surface area contributed by atoms with E-state index in [0.717, 1.165) is 6.21 Å². The van der Waals surface area contributed by atoms with Crippen LogP contribution < -0.4 is 16.4 Å². The normalized spacial score (nSPS) is 11.0. The van der Waals surface area contributed by atoms with Gasteiger partial charge in [0.2, 0.25) is 0 Å². The first-order valence-corrected chi connectivity index (χ1v) is 6.53. The smallest absolute Gasteiger partial charge is 0.320 e. The molecule has 0 unspecified atom stereocenters. The maximum atomic E-state index is 11.6. The van der Waals surface area contributed by atoms with E-state index in [9.17, 15) is 4.79 Å². The third kappa shape index (κ3) is 3.45. The summed E-state index contributed by atoms with van der Waals surface area (Å²) in [6, 6.07) is 4.82. The number of anilines is 1. The van der Waals surface area contributed by atoms with Crippen LogP contribution in [0.5, 0.6) is 0 Å². The number of nitrogens with zero attached hydrogens (tertiary/aromatic N) is 2. The molecule has 0 spiro atoms. The van der Waals surface area contributed by atoms with E-state index < -0.39 is 0 Å². The second kappa shape index (κ2) is 6.98. The predicted octanol–water partition coefficient (Wildman–Crippen LogP) is 1.89. The largest absolute Gasteiger partial charge is 0.404 e. The van der Waals surface area contributed by atoms with Crippen LogP contribution in [0.3, 0.4) is 0 Å². The highest BCUT2D eigenvalue weighted by molar-refractivity contribution is 6.08. The van der Waals surface area contributed by atoms with Crippen LogP contribution in [0.2, 0.25) is 0 Å². The molecule has 7 heteroatoms. The molecule has 0 aliphatic heterocycles. The van der Waals surface area contributed by atoms with Crippen LogP contribution in [0, 0.1) is 5.41 Å². The molecule has 2 aromatic rings. The molecular weight excluding hydrogens is 280 g/mol. The average Bonchev–Trinajstić information content (AvgIpc) is 2.53. The Morgan fingerprint density at radius 1 is 1.41 bits per heavy atom. The monoisotopic (exact) mass is 296 g/mol. The van der Waals surface area contributed by atoms with Gasteiger partial charge in [0.05, 0.1) is 11.0 Å². The molecule has 0 atom stereocenters. The third-order valence-corrected chi connectivity index (χ3v) is 2.85. The Hall–Kier alpha value is -3.22. The summed E-state index contributed by atoms with van der Waals surface area (Å²) >= 11 is 0. The van der Waals surface area contributed by atoms with Gasteiger partial charge in [-0.2, -0.15) is 0 Å². The zero-order valence-electron chi connectivity index (χ0n) is 11.8. The van der Waals surface area contributed by atoms with Crippen molar-refractivity contribution in [2.24, 2.45) is 5.73 Å². The standard InChI is InChI=1S/C15H16N6O/c1-2-5-18-15(22)21-14-4-3-12-13(20-14)6-10(9-19-12)11(7-16)8-17/h2-4,6-9,16H,1,5,17H2,(H2,18,20,21,22)/b11-8+,16-7?. The quantitative estimate of drug-likeness (QED) is 0.498. The molecule has 112 valence electrons. The second-order valence-electron chi connectivity index (χ2n) is 4.35. The van der Waals surface area contributed by atoms with Gasteiger partial charge >= 0.3 is 6.03 Å². The SMILES string of the molecule is C=CCNC(=O)Nc1ccc2ncc(/C(C=N)=C/N)cc2n1.